The van der Waals surface area contributed by atoms with Crippen LogP contribution in [0.3, 0.4) is 0 Å². The van der Waals surface area contributed by atoms with E-state index in [0.717, 1.165) is 64.6 Å². The predicted octanol–water partition coefficient (Wildman–Crippen LogP) is 1.41. The van der Waals surface area contributed by atoms with Gasteiger partial charge in [0.1, 0.15) is 0 Å². The summed E-state index contributed by atoms with van der Waals surface area (Å²) in [5.41, 5.74) is 0. The zero-order valence-corrected chi connectivity index (χ0v) is 22.2. The number of likely N-dealkylation sites (tertiary alicyclic amines) is 1. The van der Waals surface area contributed by atoms with Gasteiger partial charge in [-0.05, 0) is 47.0 Å². The summed E-state index contributed by atoms with van der Waals surface area (Å²) in [5, 5.41) is 3.27. The van der Waals surface area contributed by atoms with Crippen LogP contribution in [0.5, 0.6) is 0 Å². The molecule has 2 rings (SSSR count). The molecule has 2 fully saturated rings. The number of nitrogens with zero attached hydrogens (tertiary/aromatic N) is 4. The fourth-order valence-corrected chi connectivity index (χ4v) is 4.50. The van der Waals surface area contributed by atoms with Crippen molar-refractivity contribution >= 4 is 45.7 Å². The normalized spacial score (nSPS) is 19.4. The van der Waals surface area contributed by atoms with E-state index in [-0.39, 0.29) is 42.2 Å². The minimum atomic E-state index is -3.18. The van der Waals surface area contributed by atoms with Crippen molar-refractivity contribution in [3.05, 3.63) is 0 Å². The molecule has 0 spiro atoms. The predicted molar refractivity (Wildman–Crippen MR) is 133 cm³/mol. The van der Waals surface area contributed by atoms with Crippen molar-refractivity contribution in [2.45, 2.75) is 51.7 Å². The summed E-state index contributed by atoms with van der Waals surface area (Å²) in [6.07, 6.45) is 3.46. The summed E-state index contributed by atoms with van der Waals surface area (Å²) in [6, 6.07) is 0. The molecule has 0 bridgehead atoms. The Balaban J connectivity index is 0.00000450. The average molecular weight is 558 g/mol. The van der Waals surface area contributed by atoms with E-state index < -0.39 is 14.6 Å². The molecule has 8 nitrogen and oxygen atoms in total. The molecular formula is C20H40IN5O3S. The third-order valence-corrected chi connectivity index (χ3v) is 8.22. The van der Waals surface area contributed by atoms with Gasteiger partial charge >= 0.3 is 0 Å². The largest absolute Gasteiger partial charge is 0.357 e. The van der Waals surface area contributed by atoms with Crippen LogP contribution in [-0.2, 0) is 14.6 Å². The van der Waals surface area contributed by atoms with Crippen LogP contribution in [0.2, 0.25) is 0 Å². The lowest BCUT2D eigenvalue weighted by molar-refractivity contribution is -0.133. The van der Waals surface area contributed by atoms with E-state index in [2.05, 4.69) is 20.1 Å². The third kappa shape index (κ3) is 8.14. The van der Waals surface area contributed by atoms with Crippen LogP contribution >= 0.6 is 24.0 Å². The number of halogens is 1. The number of rotatable bonds is 6. The van der Waals surface area contributed by atoms with Crippen LogP contribution in [0.1, 0.15) is 47.0 Å². The molecule has 1 N–H and O–H groups in total. The number of nitrogens with one attached hydrogen (secondary N) is 1. The van der Waals surface area contributed by atoms with Gasteiger partial charge < -0.3 is 15.1 Å². The molecular weight excluding hydrogens is 517 g/mol. The topological polar surface area (TPSA) is 85.3 Å². The quantitative estimate of drug-likeness (QED) is 0.302. The molecule has 0 aliphatic carbocycles. The lowest BCUT2D eigenvalue weighted by Gasteiger charge is -2.37. The Bertz CT molecular complexity index is 664. The zero-order chi connectivity index (χ0) is 21.5. The Hall–Kier alpha value is -0.620. The van der Waals surface area contributed by atoms with Crippen LogP contribution in [0.4, 0.5) is 0 Å². The standard InChI is InChI=1S/C20H39N5O3S.HI/c1-5-21-19(22-9-16-29(27,28)20(2,3)4)25-14-12-23(13-15-25)17-18(26)24-10-7-6-8-11-24;/h5-17H2,1-4H3,(H,21,22);1H. The molecule has 30 heavy (non-hydrogen) atoms. The van der Waals surface area contributed by atoms with Crippen molar-refractivity contribution in [2.24, 2.45) is 4.99 Å². The molecule has 0 aromatic carbocycles. The monoisotopic (exact) mass is 557 g/mol. The summed E-state index contributed by atoms with van der Waals surface area (Å²) in [5.74, 6) is 1.06. The van der Waals surface area contributed by atoms with Crippen molar-refractivity contribution in [2.75, 3.05) is 64.7 Å². The van der Waals surface area contributed by atoms with E-state index in [1.807, 2.05) is 11.8 Å². The van der Waals surface area contributed by atoms with Gasteiger partial charge in [0.2, 0.25) is 5.91 Å². The second-order valence-corrected chi connectivity index (χ2v) is 11.7. The first-order valence-corrected chi connectivity index (χ1v) is 12.5. The Morgan fingerprint density at radius 2 is 1.57 bits per heavy atom. The summed E-state index contributed by atoms with van der Waals surface area (Å²) < 4.78 is 23.8. The highest BCUT2D eigenvalue weighted by Gasteiger charge is 2.28. The molecule has 0 radical (unpaired) electrons. The van der Waals surface area contributed by atoms with Crippen LogP contribution in [0, 0.1) is 0 Å². The minimum absolute atomic E-state index is 0. The first-order valence-electron chi connectivity index (χ1n) is 10.9. The number of sulfone groups is 1. The van der Waals surface area contributed by atoms with Gasteiger partial charge in [-0.15, -0.1) is 24.0 Å². The van der Waals surface area contributed by atoms with Gasteiger partial charge in [-0.25, -0.2) is 8.42 Å². The maximum Gasteiger partial charge on any atom is 0.236 e. The smallest absolute Gasteiger partial charge is 0.236 e. The number of amides is 1. The van der Waals surface area contributed by atoms with Gasteiger partial charge in [0.25, 0.3) is 0 Å². The summed E-state index contributed by atoms with van der Waals surface area (Å²) in [7, 11) is -3.18. The van der Waals surface area contributed by atoms with Crippen molar-refractivity contribution < 1.29 is 13.2 Å². The average Bonchev–Trinajstić information content (AvgIpc) is 2.67. The van der Waals surface area contributed by atoms with Crippen molar-refractivity contribution in [3.63, 3.8) is 0 Å². The number of aliphatic imine (C=N–C) groups is 1. The van der Waals surface area contributed by atoms with Crippen LogP contribution < -0.4 is 5.32 Å². The Morgan fingerprint density at radius 1 is 0.967 bits per heavy atom. The van der Waals surface area contributed by atoms with E-state index in [9.17, 15) is 13.2 Å². The molecule has 0 aromatic heterocycles. The van der Waals surface area contributed by atoms with Crippen LogP contribution in [0.15, 0.2) is 4.99 Å². The van der Waals surface area contributed by atoms with Gasteiger partial charge in [0.05, 0.1) is 23.6 Å². The summed E-state index contributed by atoms with van der Waals surface area (Å²) >= 11 is 0. The van der Waals surface area contributed by atoms with Gasteiger partial charge in [-0.3, -0.25) is 14.7 Å². The molecule has 2 aliphatic rings. The van der Waals surface area contributed by atoms with E-state index in [0.29, 0.717) is 6.54 Å². The van der Waals surface area contributed by atoms with Crippen molar-refractivity contribution in [1.82, 2.24) is 20.0 Å². The van der Waals surface area contributed by atoms with Crippen molar-refractivity contribution in [1.29, 1.82) is 0 Å². The van der Waals surface area contributed by atoms with Crippen LogP contribution in [-0.4, -0.2) is 104 Å². The first kappa shape index (κ1) is 27.4. The molecule has 0 saturated carbocycles. The maximum atomic E-state index is 12.5. The molecule has 176 valence electrons. The lowest BCUT2D eigenvalue weighted by Crippen LogP contribution is -2.54. The SMILES string of the molecule is CCNC(=NCCS(=O)(=O)C(C)(C)C)N1CCN(CC(=O)N2CCCCC2)CC1.I. The number of carbonyl (C=O) groups excluding carboxylic acids is 1. The number of guanidine groups is 1. The molecule has 2 heterocycles. The molecule has 0 aromatic rings. The fraction of sp³-hybridized carbons (Fsp3) is 0.900. The molecule has 2 aliphatic heterocycles. The number of hydrogen-bond donors (Lipinski definition) is 1. The Kier molecular flexibility index (Phi) is 11.4. The van der Waals surface area contributed by atoms with Gasteiger partial charge in [-0.1, -0.05) is 0 Å². The van der Waals surface area contributed by atoms with Crippen molar-refractivity contribution in [3.8, 4) is 0 Å². The number of carbonyl (C=O) groups is 1. The Labute approximate surface area is 199 Å². The zero-order valence-electron chi connectivity index (χ0n) is 19.0. The molecule has 0 atom stereocenters. The fourth-order valence-electron chi connectivity index (χ4n) is 3.56. The number of piperidine rings is 1. The minimum Gasteiger partial charge on any atom is -0.357 e. The molecule has 1 amide bonds. The second-order valence-electron chi connectivity index (χ2n) is 8.87. The van der Waals surface area contributed by atoms with E-state index >= 15 is 0 Å². The van der Waals surface area contributed by atoms with Crippen LogP contribution in [0.25, 0.3) is 0 Å². The maximum absolute atomic E-state index is 12.5. The number of hydrogen-bond acceptors (Lipinski definition) is 5. The van der Waals surface area contributed by atoms with Gasteiger partial charge in [0.15, 0.2) is 15.8 Å². The molecule has 2 saturated heterocycles. The lowest BCUT2D eigenvalue weighted by atomic mass is 10.1. The van der Waals surface area contributed by atoms with Gasteiger partial charge in [-0.2, -0.15) is 0 Å². The third-order valence-electron chi connectivity index (χ3n) is 5.63. The highest BCUT2D eigenvalue weighted by molar-refractivity contribution is 14.0. The van der Waals surface area contributed by atoms with Gasteiger partial charge in [0, 0.05) is 45.8 Å². The first-order chi connectivity index (χ1) is 13.6. The van der Waals surface area contributed by atoms with E-state index in [4.69, 9.17) is 0 Å². The Morgan fingerprint density at radius 3 is 2.10 bits per heavy atom. The second kappa shape index (κ2) is 12.4. The van der Waals surface area contributed by atoms with E-state index in [1.165, 1.54) is 6.42 Å². The summed E-state index contributed by atoms with van der Waals surface area (Å²) in [4.78, 5) is 23.4. The molecule has 10 heteroatoms. The molecule has 0 unspecified atom stereocenters. The summed E-state index contributed by atoms with van der Waals surface area (Å²) in [6.45, 7) is 13.6. The highest BCUT2D eigenvalue weighted by Crippen LogP contribution is 2.15. The highest BCUT2D eigenvalue weighted by atomic mass is 127. The number of piperazine rings is 1. The van der Waals surface area contributed by atoms with E-state index in [1.54, 1.807) is 20.8 Å².